The summed E-state index contributed by atoms with van der Waals surface area (Å²) < 4.78 is 15.4. The molecule has 0 heterocycles. The molecule has 42 heavy (non-hydrogen) atoms. The first-order valence-corrected chi connectivity index (χ1v) is 13.8. The molecule has 10 heteroatoms. The first-order chi connectivity index (χ1) is 20.4. The summed E-state index contributed by atoms with van der Waals surface area (Å²) in [5.74, 6) is -1.15. The molecule has 3 rings (SSSR count). The number of ether oxygens (including phenoxy) is 3. The van der Waals surface area contributed by atoms with Gasteiger partial charge in [-0.15, -0.1) is 0 Å². The molecule has 222 valence electrons. The van der Waals surface area contributed by atoms with E-state index >= 15 is 0 Å². The Morgan fingerprint density at radius 2 is 1.17 bits per heavy atom. The third kappa shape index (κ3) is 11.7. The molecule has 2 unspecified atom stereocenters. The van der Waals surface area contributed by atoms with E-state index in [9.17, 15) is 19.2 Å². The molecule has 3 N–H and O–H groups in total. The molecule has 10 nitrogen and oxygen atoms in total. The van der Waals surface area contributed by atoms with Crippen LogP contribution in [0.15, 0.2) is 91.0 Å². The van der Waals surface area contributed by atoms with Crippen LogP contribution in [0.2, 0.25) is 0 Å². The average molecular weight is 576 g/mol. The molecule has 0 aliphatic carbocycles. The number of amides is 3. The van der Waals surface area contributed by atoms with Crippen molar-refractivity contribution in [2.75, 3.05) is 13.7 Å². The molecule has 3 aromatic carbocycles. The second kappa shape index (κ2) is 17.8. The maximum atomic E-state index is 13.3. The van der Waals surface area contributed by atoms with E-state index < -0.39 is 36.1 Å². The number of alkyl carbamates (subject to hydrolysis) is 2. The summed E-state index contributed by atoms with van der Waals surface area (Å²) in [5, 5.41) is 8.01. The molecule has 0 saturated carbocycles. The third-order valence-corrected chi connectivity index (χ3v) is 6.31. The fourth-order valence-corrected chi connectivity index (χ4v) is 4.07. The zero-order valence-corrected chi connectivity index (χ0v) is 23.6. The van der Waals surface area contributed by atoms with Crippen molar-refractivity contribution in [3.05, 3.63) is 108 Å². The van der Waals surface area contributed by atoms with Gasteiger partial charge in [-0.25, -0.2) is 14.4 Å². The summed E-state index contributed by atoms with van der Waals surface area (Å²) in [4.78, 5) is 50.3. The van der Waals surface area contributed by atoms with Crippen LogP contribution >= 0.6 is 0 Å². The molecule has 0 aliphatic heterocycles. The van der Waals surface area contributed by atoms with Crippen molar-refractivity contribution in [1.82, 2.24) is 16.0 Å². The summed E-state index contributed by atoms with van der Waals surface area (Å²) in [5.41, 5.74) is 2.52. The normalized spacial score (nSPS) is 11.8. The fraction of sp³-hybridized carbons (Fsp3) is 0.312. The van der Waals surface area contributed by atoms with Gasteiger partial charge in [-0.1, -0.05) is 91.0 Å². The minimum Gasteiger partial charge on any atom is -0.467 e. The van der Waals surface area contributed by atoms with Crippen LogP contribution in [-0.2, 0) is 43.4 Å². The summed E-state index contributed by atoms with van der Waals surface area (Å²) >= 11 is 0. The van der Waals surface area contributed by atoms with Crippen LogP contribution < -0.4 is 16.0 Å². The Hall–Kier alpha value is -4.86. The summed E-state index contributed by atoms with van der Waals surface area (Å²) in [6.07, 6.45) is 0.162. The Morgan fingerprint density at radius 1 is 0.643 bits per heavy atom. The third-order valence-electron chi connectivity index (χ3n) is 6.31. The van der Waals surface area contributed by atoms with Gasteiger partial charge in [0.2, 0.25) is 5.91 Å². The first kappa shape index (κ1) is 31.7. The number of esters is 1. The van der Waals surface area contributed by atoms with Crippen LogP contribution in [0, 0.1) is 0 Å². The van der Waals surface area contributed by atoms with Gasteiger partial charge >= 0.3 is 18.2 Å². The molecule has 0 bridgehead atoms. The van der Waals surface area contributed by atoms with E-state index in [-0.39, 0.29) is 26.1 Å². The van der Waals surface area contributed by atoms with Gasteiger partial charge in [-0.05, 0) is 36.0 Å². The molecule has 0 spiro atoms. The predicted octanol–water partition coefficient (Wildman–Crippen LogP) is 4.28. The molecule has 2 atom stereocenters. The SMILES string of the molecule is COC(=O)C(Cc1ccccc1)NC(=O)C(CCCCNC(=O)OCc1ccccc1)NC(=O)OCc1ccccc1. The van der Waals surface area contributed by atoms with Crippen LogP contribution in [0.1, 0.15) is 36.0 Å². The van der Waals surface area contributed by atoms with E-state index in [1.807, 2.05) is 91.0 Å². The summed E-state index contributed by atoms with van der Waals surface area (Å²) in [6, 6.07) is 25.8. The highest BCUT2D eigenvalue weighted by molar-refractivity contribution is 5.89. The average Bonchev–Trinajstić information content (AvgIpc) is 3.02. The van der Waals surface area contributed by atoms with E-state index in [1.165, 1.54) is 7.11 Å². The Bertz CT molecular complexity index is 1260. The van der Waals surface area contributed by atoms with Crippen molar-refractivity contribution in [1.29, 1.82) is 0 Å². The van der Waals surface area contributed by atoms with Gasteiger partial charge in [-0.3, -0.25) is 4.79 Å². The minimum absolute atomic E-state index is 0.0365. The van der Waals surface area contributed by atoms with Gasteiger partial charge in [0.05, 0.1) is 7.11 Å². The Balaban J connectivity index is 1.53. The van der Waals surface area contributed by atoms with E-state index in [0.29, 0.717) is 19.4 Å². The van der Waals surface area contributed by atoms with E-state index in [1.54, 1.807) is 0 Å². The van der Waals surface area contributed by atoms with Gasteiger partial charge in [0.25, 0.3) is 0 Å². The van der Waals surface area contributed by atoms with E-state index in [0.717, 1.165) is 16.7 Å². The molecular weight excluding hydrogens is 538 g/mol. The fourth-order valence-electron chi connectivity index (χ4n) is 4.07. The van der Waals surface area contributed by atoms with Gasteiger partial charge < -0.3 is 30.2 Å². The lowest BCUT2D eigenvalue weighted by Gasteiger charge is -2.22. The zero-order chi connectivity index (χ0) is 30.0. The van der Waals surface area contributed by atoms with Crippen molar-refractivity contribution in [3.8, 4) is 0 Å². The molecule has 0 aromatic heterocycles. The first-order valence-electron chi connectivity index (χ1n) is 13.8. The topological polar surface area (TPSA) is 132 Å². The highest BCUT2D eigenvalue weighted by Crippen LogP contribution is 2.08. The Morgan fingerprint density at radius 3 is 1.71 bits per heavy atom. The lowest BCUT2D eigenvalue weighted by atomic mass is 10.0. The number of methoxy groups -OCH3 is 1. The smallest absolute Gasteiger partial charge is 0.408 e. The van der Waals surface area contributed by atoms with Gasteiger partial charge in [0.1, 0.15) is 25.3 Å². The number of rotatable bonds is 15. The van der Waals surface area contributed by atoms with Crippen LogP contribution in [0.25, 0.3) is 0 Å². The lowest BCUT2D eigenvalue weighted by molar-refractivity contribution is -0.145. The van der Waals surface area contributed by atoms with Crippen LogP contribution in [-0.4, -0.2) is 49.8 Å². The molecular formula is C32H37N3O7. The summed E-state index contributed by atoms with van der Waals surface area (Å²) in [7, 11) is 1.25. The molecule has 0 radical (unpaired) electrons. The number of benzene rings is 3. The predicted molar refractivity (Wildman–Crippen MR) is 156 cm³/mol. The number of unbranched alkanes of at least 4 members (excludes halogenated alkanes) is 1. The van der Waals surface area contributed by atoms with E-state index in [4.69, 9.17) is 14.2 Å². The highest BCUT2D eigenvalue weighted by atomic mass is 16.6. The second-order valence-electron chi connectivity index (χ2n) is 9.52. The molecule has 0 fully saturated rings. The maximum Gasteiger partial charge on any atom is 0.408 e. The standard InChI is InChI=1S/C32H37N3O7/c1-40-30(37)28(21-24-13-5-2-6-14-24)34-29(36)27(35-32(39)42-23-26-17-9-4-10-18-26)19-11-12-20-33-31(38)41-22-25-15-7-3-8-16-25/h2-10,13-18,27-28H,11-12,19-23H2,1H3,(H,33,38)(H,34,36)(H,35,39). The van der Waals surface area contributed by atoms with E-state index in [2.05, 4.69) is 16.0 Å². The number of hydrogen-bond donors (Lipinski definition) is 3. The molecule has 0 saturated heterocycles. The highest BCUT2D eigenvalue weighted by Gasteiger charge is 2.28. The van der Waals surface area contributed by atoms with Crippen molar-refractivity contribution < 1.29 is 33.4 Å². The van der Waals surface area contributed by atoms with Gasteiger partial charge in [0.15, 0.2) is 0 Å². The quantitative estimate of drug-likeness (QED) is 0.140. The van der Waals surface area contributed by atoms with Crippen molar-refractivity contribution >= 4 is 24.1 Å². The lowest BCUT2D eigenvalue weighted by Crippen LogP contribution is -2.52. The van der Waals surface area contributed by atoms with Crippen molar-refractivity contribution in [2.45, 2.75) is 51.0 Å². The van der Waals surface area contributed by atoms with Crippen molar-refractivity contribution in [2.24, 2.45) is 0 Å². The van der Waals surface area contributed by atoms with Crippen molar-refractivity contribution in [3.63, 3.8) is 0 Å². The number of carbonyl (C=O) groups excluding carboxylic acids is 4. The molecule has 3 amide bonds. The molecule has 0 aliphatic rings. The largest absolute Gasteiger partial charge is 0.467 e. The number of hydrogen-bond acceptors (Lipinski definition) is 7. The summed E-state index contributed by atoms with van der Waals surface area (Å²) in [6.45, 7) is 0.516. The minimum atomic E-state index is -0.985. The second-order valence-corrected chi connectivity index (χ2v) is 9.52. The number of carbonyl (C=O) groups is 4. The van der Waals surface area contributed by atoms with Crippen LogP contribution in [0.3, 0.4) is 0 Å². The zero-order valence-electron chi connectivity index (χ0n) is 23.6. The van der Waals surface area contributed by atoms with Crippen LogP contribution in [0.5, 0.6) is 0 Å². The number of nitrogens with one attached hydrogen (secondary N) is 3. The monoisotopic (exact) mass is 575 g/mol. The van der Waals surface area contributed by atoms with Crippen LogP contribution in [0.4, 0.5) is 9.59 Å². The Labute approximate surface area is 245 Å². The van der Waals surface area contributed by atoms with Gasteiger partial charge in [0, 0.05) is 13.0 Å². The maximum absolute atomic E-state index is 13.3. The Kier molecular flexibility index (Phi) is 13.4. The van der Waals surface area contributed by atoms with Gasteiger partial charge in [-0.2, -0.15) is 0 Å². The molecule has 3 aromatic rings.